The van der Waals surface area contributed by atoms with Gasteiger partial charge in [-0.05, 0) is 38.3 Å². The van der Waals surface area contributed by atoms with Gasteiger partial charge in [-0.25, -0.2) is 0 Å². The van der Waals surface area contributed by atoms with Crippen LogP contribution in [0.25, 0.3) is 0 Å². The van der Waals surface area contributed by atoms with Gasteiger partial charge in [-0.15, -0.1) is 0 Å². The minimum Gasteiger partial charge on any atom is -0.369 e. The van der Waals surface area contributed by atoms with Crippen LogP contribution in [0.1, 0.15) is 26.7 Å². The minimum atomic E-state index is -0.456. The Bertz CT molecular complexity index is 183. The van der Waals surface area contributed by atoms with E-state index in [1.54, 1.807) is 0 Å². The zero-order valence-corrected chi connectivity index (χ0v) is 8.47. The van der Waals surface area contributed by atoms with Gasteiger partial charge >= 0.3 is 0 Å². The summed E-state index contributed by atoms with van der Waals surface area (Å²) >= 11 is 0. The summed E-state index contributed by atoms with van der Waals surface area (Å²) in [5, 5.41) is 3.29. The van der Waals surface area contributed by atoms with Crippen LogP contribution in [0.5, 0.6) is 0 Å². The number of amides is 1. The van der Waals surface area contributed by atoms with Gasteiger partial charge < -0.3 is 11.1 Å². The standard InChI is InChI=1S/C10H19N2O/c1-10(2,9(11)13)7-8-3-5-12-6-4-8/h7-8,12H,3-6H2,1-2H3,(H2,11,13). The summed E-state index contributed by atoms with van der Waals surface area (Å²) < 4.78 is 0. The average Bonchev–Trinajstić information content (AvgIpc) is 2.05. The third-order valence-electron chi connectivity index (χ3n) is 2.67. The van der Waals surface area contributed by atoms with Crippen LogP contribution < -0.4 is 11.1 Å². The number of hydrogen-bond acceptors (Lipinski definition) is 2. The molecule has 1 radical (unpaired) electrons. The highest BCUT2D eigenvalue weighted by atomic mass is 16.1. The molecule has 0 unspecified atom stereocenters. The number of piperidine rings is 1. The van der Waals surface area contributed by atoms with Crippen molar-refractivity contribution in [2.24, 2.45) is 17.1 Å². The minimum absolute atomic E-state index is 0.231. The molecule has 0 aromatic carbocycles. The number of nitrogens with two attached hydrogens (primary N) is 1. The average molecular weight is 183 g/mol. The first-order chi connectivity index (χ1) is 6.02. The molecule has 1 amide bonds. The third kappa shape index (κ3) is 2.99. The Morgan fingerprint density at radius 1 is 1.46 bits per heavy atom. The van der Waals surface area contributed by atoms with E-state index in [-0.39, 0.29) is 5.91 Å². The summed E-state index contributed by atoms with van der Waals surface area (Å²) in [5.74, 6) is 0.315. The Hall–Kier alpha value is -0.570. The zero-order chi connectivity index (χ0) is 9.90. The molecule has 1 saturated heterocycles. The second kappa shape index (κ2) is 4.09. The van der Waals surface area contributed by atoms with Gasteiger partial charge in [0, 0.05) is 5.41 Å². The molecule has 1 aliphatic heterocycles. The van der Waals surface area contributed by atoms with Crippen molar-refractivity contribution >= 4 is 5.91 Å². The van der Waals surface area contributed by atoms with Crippen molar-refractivity contribution in [2.75, 3.05) is 13.1 Å². The van der Waals surface area contributed by atoms with Crippen molar-refractivity contribution in [3.8, 4) is 0 Å². The quantitative estimate of drug-likeness (QED) is 0.676. The maximum absolute atomic E-state index is 11.1. The smallest absolute Gasteiger partial charge is 0.223 e. The van der Waals surface area contributed by atoms with Crippen LogP contribution in [-0.4, -0.2) is 19.0 Å². The van der Waals surface area contributed by atoms with E-state index in [0.29, 0.717) is 5.92 Å². The van der Waals surface area contributed by atoms with E-state index in [4.69, 9.17) is 5.73 Å². The van der Waals surface area contributed by atoms with E-state index in [0.717, 1.165) is 25.9 Å². The van der Waals surface area contributed by atoms with Gasteiger partial charge in [-0.1, -0.05) is 13.8 Å². The molecule has 1 rings (SSSR count). The van der Waals surface area contributed by atoms with Crippen LogP contribution in [0.4, 0.5) is 0 Å². The molecule has 0 bridgehead atoms. The second-order valence-corrected chi connectivity index (χ2v) is 4.34. The lowest BCUT2D eigenvalue weighted by Gasteiger charge is -2.29. The highest BCUT2D eigenvalue weighted by Crippen LogP contribution is 2.28. The van der Waals surface area contributed by atoms with Crippen LogP contribution in [0.15, 0.2) is 0 Å². The third-order valence-corrected chi connectivity index (χ3v) is 2.67. The monoisotopic (exact) mass is 183 g/mol. The topological polar surface area (TPSA) is 55.1 Å². The predicted molar refractivity (Wildman–Crippen MR) is 52.9 cm³/mol. The number of hydrogen-bond donors (Lipinski definition) is 2. The molecule has 0 saturated carbocycles. The Balaban J connectivity index is 2.41. The largest absolute Gasteiger partial charge is 0.369 e. The molecule has 3 heteroatoms. The fourth-order valence-corrected chi connectivity index (χ4v) is 1.68. The molecule has 0 aromatic rings. The Morgan fingerprint density at radius 3 is 2.46 bits per heavy atom. The number of carbonyl (C=O) groups excluding carboxylic acids is 1. The predicted octanol–water partition coefficient (Wildman–Crippen LogP) is 0.702. The van der Waals surface area contributed by atoms with Gasteiger partial charge in [0.05, 0.1) is 0 Å². The van der Waals surface area contributed by atoms with Crippen molar-refractivity contribution in [3.63, 3.8) is 0 Å². The van der Waals surface area contributed by atoms with Crippen molar-refractivity contribution in [1.82, 2.24) is 5.32 Å². The van der Waals surface area contributed by atoms with Crippen LogP contribution in [-0.2, 0) is 4.79 Å². The van der Waals surface area contributed by atoms with Crippen LogP contribution >= 0.6 is 0 Å². The lowest BCUT2D eigenvalue weighted by Crippen LogP contribution is -2.37. The second-order valence-electron chi connectivity index (χ2n) is 4.34. The first-order valence-electron chi connectivity index (χ1n) is 4.89. The molecule has 13 heavy (non-hydrogen) atoms. The van der Waals surface area contributed by atoms with E-state index in [9.17, 15) is 4.79 Å². The molecule has 0 spiro atoms. The van der Waals surface area contributed by atoms with Crippen LogP contribution in [0.3, 0.4) is 0 Å². The Labute approximate surface area is 80.1 Å². The SMILES string of the molecule is CC(C)([CH]C1CCNCC1)C(N)=O. The van der Waals surface area contributed by atoms with Crippen molar-refractivity contribution in [3.05, 3.63) is 6.42 Å². The fourth-order valence-electron chi connectivity index (χ4n) is 1.68. The van der Waals surface area contributed by atoms with E-state index in [1.165, 1.54) is 0 Å². The maximum Gasteiger partial charge on any atom is 0.223 e. The van der Waals surface area contributed by atoms with Crippen molar-refractivity contribution in [2.45, 2.75) is 26.7 Å². The van der Waals surface area contributed by atoms with Gasteiger partial charge in [0.15, 0.2) is 0 Å². The van der Waals surface area contributed by atoms with Crippen LogP contribution in [0.2, 0.25) is 0 Å². The molecular weight excluding hydrogens is 164 g/mol. The van der Waals surface area contributed by atoms with Crippen molar-refractivity contribution in [1.29, 1.82) is 0 Å². The summed E-state index contributed by atoms with van der Waals surface area (Å²) in [6, 6.07) is 0. The molecule has 0 atom stereocenters. The first-order valence-corrected chi connectivity index (χ1v) is 4.89. The van der Waals surface area contributed by atoms with Gasteiger partial charge in [0.1, 0.15) is 0 Å². The van der Waals surface area contributed by atoms with E-state index in [1.807, 2.05) is 13.8 Å². The number of rotatable bonds is 3. The maximum atomic E-state index is 11.1. The normalized spacial score (nSPS) is 20.2. The highest BCUT2D eigenvalue weighted by molar-refractivity contribution is 5.81. The summed E-state index contributed by atoms with van der Waals surface area (Å²) in [4.78, 5) is 11.1. The van der Waals surface area contributed by atoms with Gasteiger partial charge in [-0.3, -0.25) is 4.79 Å². The molecule has 3 N–H and O–H groups in total. The molecule has 3 nitrogen and oxygen atoms in total. The fraction of sp³-hybridized carbons (Fsp3) is 0.800. The van der Waals surface area contributed by atoms with Crippen LogP contribution in [0, 0.1) is 17.8 Å². The molecule has 1 heterocycles. The summed E-state index contributed by atoms with van der Waals surface area (Å²) in [6.07, 6.45) is 4.35. The molecular formula is C10H19N2O. The summed E-state index contributed by atoms with van der Waals surface area (Å²) in [6.45, 7) is 5.88. The summed E-state index contributed by atoms with van der Waals surface area (Å²) in [5.41, 5.74) is 4.85. The van der Waals surface area contributed by atoms with E-state index >= 15 is 0 Å². The van der Waals surface area contributed by atoms with E-state index in [2.05, 4.69) is 11.7 Å². The molecule has 1 fully saturated rings. The lowest BCUT2D eigenvalue weighted by molar-refractivity contribution is -0.124. The number of primary amides is 1. The zero-order valence-electron chi connectivity index (χ0n) is 8.47. The lowest BCUT2D eigenvalue weighted by atomic mass is 9.79. The van der Waals surface area contributed by atoms with Gasteiger partial charge in [0.25, 0.3) is 0 Å². The first kappa shape index (κ1) is 10.5. The molecule has 0 aromatic heterocycles. The molecule has 1 aliphatic rings. The number of carbonyl (C=O) groups is 1. The van der Waals surface area contributed by atoms with Gasteiger partial charge in [0.2, 0.25) is 5.91 Å². The molecule has 75 valence electrons. The number of nitrogens with one attached hydrogen (secondary N) is 1. The highest BCUT2D eigenvalue weighted by Gasteiger charge is 2.29. The Morgan fingerprint density at radius 2 is 2.00 bits per heavy atom. The van der Waals surface area contributed by atoms with Crippen molar-refractivity contribution < 1.29 is 4.79 Å². The molecule has 0 aliphatic carbocycles. The van der Waals surface area contributed by atoms with E-state index < -0.39 is 5.41 Å². The van der Waals surface area contributed by atoms with Gasteiger partial charge in [-0.2, -0.15) is 0 Å². The Kier molecular flexibility index (Phi) is 3.31. The summed E-state index contributed by atoms with van der Waals surface area (Å²) in [7, 11) is 0.